The molecule has 0 radical (unpaired) electrons. The van der Waals surface area contributed by atoms with E-state index in [1.807, 2.05) is 17.5 Å². The molecule has 2 aromatic rings. The highest BCUT2D eigenvalue weighted by atomic mass is 32.1. The molecule has 0 aromatic carbocycles. The third-order valence-electron chi connectivity index (χ3n) is 5.13. The number of carbonyl (C=O) groups excluding carboxylic acids is 1. The minimum absolute atomic E-state index is 0.00397. The molecule has 0 saturated heterocycles. The van der Waals surface area contributed by atoms with Crippen LogP contribution in [0.1, 0.15) is 59.8 Å². The Morgan fingerprint density at radius 2 is 2.11 bits per heavy atom. The van der Waals surface area contributed by atoms with Crippen molar-refractivity contribution in [3.63, 3.8) is 0 Å². The zero-order valence-electron chi connectivity index (χ0n) is 15.7. The Hall–Kier alpha value is -1.92. The molecule has 2 aliphatic carbocycles. The van der Waals surface area contributed by atoms with Gasteiger partial charge >= 0.3 is 0 Å². The number of rotatable bonds is 6. The molecule has 27 heavy (non-hydrogen) atoms. The molecule has 142 valence electrons. The molecular weight excluding hydrogens is 374 g/mol. The van der Waals surface area contributed by atoms with Crippen molar-refractivity contribution >= 4 is 39.8 Å². The minimum atomic E-state index is -0.0358. The van der Waals surface area contributed by atoms with Crippen molar-refractivity contribution in [1.82, 2.24) is 10.3 Å². The fourth-order valence-electron chi connectivity index (χ4n) is 3.45. The molecular formula is C21H25N3OS2. The Labute approximate surface area is 168 Å². The first-order valence-electron chi connectivity index (χ1n) is 9.61. The molecule has 0 aliphatic heterocycles. The quantitative estimate of drug-likeness (QED) is 0.677. The lowest BCUT2D eigenvalue weighted by Gasteiger charge is -2.31. The highest BCUT2D eigenvalue weighted by Crippen LogP contribution is 2.35. The standard InChI is InChI=1S/C21H25N3OS2/c1-13(2)18(23-20(25)17-11-6-12-26-17)19(14-7-5-8-14)24-21-22-15-9-3-4-10-16(15)27-21/h3,6,9,11-13,18H,4-5,7-8,10H2,1-2H3,(H,22,24)(H,23,25). The zero-order valence-corrected chi connectivity index (χ0v) is 17.4. The number of allylic oxidation sites excluding steroid dienone is 2. The number of hydrogen-bond donors (Lipinski definition) is 2. The summed E-state index contributed by atoms with van der Waals surface area (Å²) in [6.45, 7) is 4.33. The average molecular weight is 400 g/mol. The SMILES string of the molecule is CC(C)C(NC(=O)c1cccs1)C(Nc1nc2c(s1)CCC=C2)=C1CCC1. The second-order valence-corrected chi connectivity index (χ2v) is 9.47. The summed E-state index contributed by atoms with van der Waals surface area (Å²) in [5.74, 6) is 0.295. The Morgan fingerprint density at radius 3 is 2.74 bits per heavy atom. The lowest BCUT2D eigenvalue weighted by atomic mass is 9.85. The van der Waals surface area contributed by atoms with Crippen LogP contribution in [0.3, 0.4) is 0 Å². The smallest absolute Gasteiger partial charge is 0.261 e. The number of thiophene rings is 1. The number of amides is 1. The summed E-state index contributed by atoms with van der Waals surface area (Å²) < 4.78 is 0. The molecule has 1 amide bonds. The van der Waals surface area contributed by atoms with E-state index in [2.05, 4.69) is 36.6 Å². The third kappa shape index (κ3) is 4.01. The van der Waals surface area contributed by atoms with Crippen molar-refractivity contribution in [1.29, 1.82) is 0 Å². The Balaban J connectivity index is 1.59. The highest BCUT2D eigenvalue weighted by Gasteiger charge is 2.28. The summed E-state index contributed by atoms with van der Waals surface area (Å²) in [6, 6.07) is 3.76. The summed E-state index contributed by atoms with van der Waals surface area (Å²) in [7, 11) is 0. The largest absolute Gasteiger partial charge is 0.343 e. The number of aryl methyl sites for hydroxylation is 1. The number of fused-ring (bicyclic) bond motifs is 1. The van der Waals surface area contributed by atoms with Crippen LogP contribution in [-0.4, -0.2) is 16.9 Å². The molecule has 1 atom stereocenters. The number of nitrogens with one attached hydrogen (secondary N) is 2. The first-order valence-corrected chi connectivity index (χ1v) is 11.3. The molecule has 2 aromatic heterocycles. The van der Waals surface area contributed by atoms with E-state index in [0.29, 0.717) is 5.92 Å². The molecule has 6 heteroatoms. The van der Waals surface area contributed by atoms with Gasteiger partial charge in [-0.3, -0.25) is 4.79 Å². The van der Waals surface area contributed by atoms with Crippen LogP contribution in [0.4, 0.5) is 5.13 Å². The van der Waals surface area contributed by atoms with Crippen LogP contribution >= 0.6 is 22.7 Å². The van der Waals surface area contributed by atoms with Crippen molar-refractivity contribution in [2.45, 2.75) is 52.0 Å². The van der Waals surface area contributed by atoms with Crippen LogP contribution in [0.15, 0.2) is 34.9 Å². The van der Waals surface area contributed by atoms with Crippen molar-refractivity contribution < 1.29 is 4.79 Å². The van der Waals surface area contributed by atoms with E-state index in [4.69, 9.17) is 4.98 Å². The van der Waals surface area contributed by atoms with E-state index < -0.39 is 0 Å². The van der Waals surface area contributed by atoms with E-state index in [-0.39, 0.29) is 11.9 Å². The van der Waals surface area contributed by atoms with Gasteiger partial charge in [0.15, 0.2) is 5.13 Å². The van der Waals surface area contributed by atoms with E-state index in [1.165, 1.54) is 28.2 Å². The lowest BCUT2D eigenvalue weighted by molar-refractivity contribution is 0.0938. The van der Waals surface area contributed by atoms with Crippen molar-refractivity contribution in [2.75, 3.05) is 5.32 Å². The van der Waals surface area contributed by atoms with Gasteiger partial charge in [0.1, 0.15) is 0 Å². The van der Waals surface area contributed by atoms with Crippen molar-refractivity contribution in [3.05, 3.63) is 50.3 Å². The maximum atomic E-state index is 12.7. The summed E-state index contributed by atoms with van der Waals surface area (Å²) in [5, 5.41) is 9.76. The molecule has 1 fully saturated rings. The summed E-state index contributed by atoms with van der Waals surface area (Å²) in [5.41, 5.74) is 3.66. The van der Waals surface area contributed by atoms with E-state index in [0.717, 1.165) is 47.1 Å². The molecule has 0 spiro atoms. The van der Waals surface area contributed by atoms with Crippen LogP contribution in [0.5, 0.6) is 0 Å². The second-order valence-electron chi connectivity index (χ2n) is 7.44. The van der Waals surface area contributed by atoms with Gasteiger partial charge in [-0.15, -0.1) is 22.7 Å². The van der Waals surface area contributed by atoms with Gasteiger partial charge in [-0.25, -0.2) is 4.98 Å². The third-order valence-corrected chi connectivity index (χ3v) is 7.05. The number of anilines is 1. The van der Waals surface area contributed by atoms with Gasteiger partial charge in [-0.2, -0.15) is 0 Å². The number of aromatic nitrogens is 1. The average Bonchev–Trinajstić information content (AvgIpc) is 3.26. The lowest BCUT2D eigenvalue weighted by Crippen LogP contribution is -2.42. The van der Waals surface area contributed by atoms with E-state index in [9.17, 15) is 4.79 Å². The molecule has 2 N–H and O–H groups in total. The maximum Gasteiger partial charge on any atom is 0.261 e. The Kier molecular flexibility index (Phi) is 5.45. The van der Waals surface area contributed by atoms with Crippen LogP contribution in [0.2, 0.25) is 0 Å². The molecule has 1 saturated carbocycles. The Bertz CT molecular complexity index is 871. The van der Waals surface area contributed by atoms with Gasteiger partial charge in [0.05, 0.1) is 16.6 Å². The second kappa shape index (κ2) is 7.98. The molecule has 0 bridgehead atoms. The monoisotopic (exact) mass is 399 g/mol. The van der Waals surface area contributed by atoms with Gasteiger partial charge in [-0.05, 0) is 61.1 Å². The minimum Gasteiger partial charge on any atom is -0.343 e. The maximum absolute atomic E-state index is 12.7. The molecule has 4 rings (SSSR count). The van der Waals surface area contributed by atoms with Gasteiger partial charge < -0.3 is 10.6 Å². The van der Waals surface area contributed by atoms with Gasteiger partial charge in [0.25, 0.3) is 5.91 Å². The van der Waals surface area contributed by atoms with Crippen molar-refractivity contribution in [3.8, 4) is 0 Å². The van der Waals surface area contributed by atoms with Crippen LogP contribution < -0.4 is 10.6 Å². The zero-order chi connectivity index (χ0) is 18.8. The van der Waals surface area contributed by atoms with Crippen LogP contribution in [0, 0.1) is 5.92 Å². The molecule has 1 unspecified atom stereocenters. The fraction of sp³-hybridized carbons (Fsp3) is 0.429. The van der Waals surface area contributed by atoms with E-state index in [1.54, 1.807) is 11.3 Å². The highest BCUT2D eigenvalue weighted by molar-refractivity contribution is 7.15. The molecule has 2 aliphatic rings. The predicted molar refractivity (Wildman–Crippen MR) is 114 cm³/mol. The summed E-state index contributed by atoms with van der Waals surface area (Å²) in [4.78, 5) is 19.6. The summed E-state index contributed by atoms with van der Waals surface area (Å²) in [6.07, 6.45) is 9.90. The van der Waals surface area contributed by atoms with Gasteiger partial charge in [0.2, 0.25) is 0 Å². The Morgan fingerprint density at radius 1 is 1.26 bits per heavy atom. The number of carbonyl (C=O) groups is 1. The predicted octanol–water partition coefficient (Wildman–Crippen LogP) is 5.47. The van der Waals surface area contributed by atoms with Crippen LogP contribution in [0.25, 0.3) is 6.08 Å². The number of thiazole rings is 1. The molecule has 2 heterocycles. The topological polar surface area (TPSA) is 54.0 Å². The fourth-order valence-corrected chi connectivity index (χ4v) is 5.06. The van der Waals surface area contributed by atoms with Crippen LogP contribution in [-0.2, 0) is 6.42 Å². The number of hydrogen-bond acceptors (Lipinski definition) is 5. The normalized spacial score (nSPS) is 16.6. The number of nitrogens with zero attached hydrogens (tertiary/aromatic N) is 1. The van der Waals surface area contributed by atoms with E-state index >= 15 is 0 Å². The molecule has 4 nitrogen and oxygen atoms in total. The van der Waals surface area contributed by atoms with Crippen molar-refractivity contribution in [2.24, 2.45) is 5.92 Å². The first-order chi connectivity index (χ1) is 13.1. The van der Waals surface area contributed by atoms with Gasteiger partial charge in [0, 0.05) is 10.6 Å². The summed E-state index contributed by atoms with van der Waals surface area (Å²) >= 11 is 3.22. The first kappa shape index (κ1) is 18.4. The van der Waals surface area contributed by atoms with Gasteiger partial charge in [-0.1, -0.05) is 26.0 Å².